The highest BCUT2D eigenvalue weighted by molar-refractivity contribution is 6.04. The molecule has 3 aromatic rings. The van der Waals surface area contributed by atoms with Gasteiger partial charge in [0.1, 0.15) is 28.7 Å². The minimum absolute atomic E-state index is 0.0390. The Hall–Kier alpha value is -3.63. The minimum Gasteiger partial charge on any atom is -0.464 e. The van der Waals surface area contributed by atoms with E-state index in [1.165, 1.54) is 18.2 Å². The number of carbonyl (C=O) groups excluding carboxylic acids is 1. The summed E-state index contributed by atoms with van der Waals surface area (Å²) >= 11 is 0. The number of anilines is 3. The zero-order chi connectivity index (χ0) is 24.3. The molecule has 0 radical (unpaired) electrons. The van der Waals surface area contributed by atoms with Gasteiger partial charge in [0.05, 0.1) is 22.7 Å². The van der Waals surface area contributed by atoms with Crippen molar-refractivity contribution in [1.82, 2.24) is 5.32 Å². The lowest BCUT2D eigenvalue weighted by Gasteiger charge is -2.36. The molecule has 1 aliphatic heterocycles. The highest BCUT2D eigenvalue weighted by atomic mass is 19.4. The number of carbonyl (C=O) groups is 1. The topological polar surface area (TPSA) is 100 Å². The first-order chi connectivity index (χ1) is 15.3. The van der Waals surface area contributed by atoms with Gasteiger partial charge in [-0.15, -0.1) is 0 Å². The molecule has 4 rings (SSSR count). The molecular formula is C22H19F4N3O4. The molecule has 3 N–H and O–H groups in total. The second-order valence-electron chi connectivity index (χ2n) is 8.42. The summed E-state index contributed by atoms with van der Waals surface area (Å²) in [4.78, 5) is 36.7. The Labute approximate surface area is 184 Å². The van der Waals surface area contributed by atoms with Crippen LogP contribution in [-0.2, 0) is 6.54 Å². The molecule has 0 bridgehead atoms. The fraction of sp³-hybridized carbons (Fsp3) is 0.318. The first kappa shape index (κ1) is 22.6. The van der Waals surface area contributed by atoms with Crippen LogP contribution in [0.1, 0.15) is 47.3 Å². The van der Waals surface area contributed by atoms with E-state index in [1.54, 1.807) is 6.92 Å². The van der Waals surface area contributed by atoms with Crippen molar-refractivity contribution in [3.05, 3.63) is 73.2 Å². The average Bonchev–Trinajstić information content (AvgIpc) is 3.33. The molecule has 0 saturated carbocycles. The smallest absolute Gasteiger partial charge is 0.396 e. The molecule has 174 valence electrons. The Balaban J connectivity index is 1.76. The van der Waals surface area contributed by atoms with Crippen LogP contribution >= 0.6 is 0 Å². The van der Waals surface area contributed by atoms with Crippen molar-refractivity contribution in [2.45, 2.75) is 39.5 Å². The first-order valence-electron chi connectivity index (χ1n) is 9.92. The van der Waals surface area contributed by atoms with E-state index in [0.717, 1.165) is 19.9 Å². The largest absolute Gasteiger partial charge is 0.464 e. The van der Waals surface area contributed by atoms with Gasteiger partial charge < -0.3 is 20.4 Å². The zero-order valence-corrected chi connectivity index (χ0v) is 17.7. The maximum Gasteiger partial charge on any atom is 0.396 e. The van der Waals surface area contributed by atoms with E-state index in [9.17, 15) is 31.9 Å². The number of rotatable bonds is 6. The van der Waals surface area contributed by atoms with Crippen molar-refractivity contribution >= 4 is 23.0 Å². The standard InChI is InChI=1S/C22H19F4N3O4/c1-9-4-7-12(33-9)19(21(2,3)22(24,25)26)29-16-15(17(30)18(16)31)28-14-11(23)6-5-10-8-27-20(32)13(10)14/h4-7,19,28-29H,8H2,1-3H3,(H,27,32)/t19-/m0/s1. The Morgan fingerprint density at radius 1 is 1.00 bits per heavy atom. The first-order valence-corrected chi connectivity index (χ1v) is 9.92. The summed E-state index contributed by atoms with van der Waals surface area (Å²) in [7, 11) is 0. The lowest BCUT2D eigenvalue weighted by atomic mass is 9.81. The number of furan rings is 1. The fourth-order valence-electron chi connectivity index (χ4n) is 3.71. The van der Waals surface area contributed by atoms with E-state index in [4.69, 9.17) is 4.42 Å². The van der Waals surface area contributed by atoms with Crippen LogP contribution in [0.5, 0.6) is 0 Å². The number of benzene rings is 1. The Bertz CT molecular complexity index is 1330. The van der Waals surface area contributed by atoms with Gasteiger partial charge in [-0.3, -0.25) is 14.4 Å². The zero-order valence-electron chi connectivity index (χ0n) is 17.7. The summed E-state index contributed by atoms with van der Waals surface area (Å²) in [5.74, 6) is -1.19. The maximum atomic E-state index is 14.5. The summed E-state index contributed by atoms with van der Waals surface area (Å²) in [6.45, 7) is 3.56. The number of halogens is 4. The molecule has 7 nitrogen and oxygen atoms in total. The summed E-state index contributed by atoms with van der Waals surface area (Å²) in [6, 6.07) is 3.72. The van der Waals surface area contributed by atoms with Crippen LogP contribution in [0.2, 0.25) is 0 Å². The fourth-order valence-corrected chi connectivity index (χ4v) is 3.71. The van der Waals surface area contributed by atoms with E-state index in [2.05, 4.69) is 16.0 Å². The van der Waals surface area contributed by atoms with Crippen LogP contribution in [-0.4, -0.2) is 12.1 Å². The molecule has 33 heavy (non-hydrogen) atoms. The molecule has 1 aromatic heterocycles. The van der Waals surface area contributed by atoms with Gasteiger partial charge in [0, 0.05) is 6.54 Å². The van der Waals surface area contributed by atoms with Gasteiger partial charge in [0.2, 0.25) is 0 Å². The van der Waals surface area contributed by atoms with Gasteiger partial charge in [-0.25, -0.2) is 4.39 Å². The van der Waals surface area contributed by atoms with Crippen LogP contribution in [0.4, 0.5) is 34.6 Å². The third-order valence-electron chi connectivity index (χ3n) is 5.85. The SMILES string of the molecule is Cc1ccc([C@H](Nc2c(Nc3c(F)ccc4c3C(=O)NC4)c(=O)c2=O)C(C)(C)C(F)(F)F)o1. The van der Waals surface area contributed by atoms with E-state index in [0.29, 0.717) is 11.3 Å². The van der Waals surface area contributed by atoms with E-state index in [-0.39, 0.29) is 23.6 Å². The van der Waals surface area contributed by atoms with Crippen LogP contribution < -0.4 is 26.8 Å². The van der Waals surface area contributed by atoms with Gasteiger partial charge in [0.25, 0.3) is 16.8 Å². The van der Waals surface area contributed by atoms with Crippen LogP contribution in [0.25, 0.3) is 0 Å². The molecule has 0 spiro atoms. The molecule has 11 heteroatoms. The summed E-state index contributed by atoms with van der Waals surface area (Å²) in [6.07, 6.45) is -4.71. The van der Waals surface area contributed by atoms with Crippen molar-refractivity contribution in [3.8, 4) is 0 Å². The van der Waals surface area contributed by atoms with Crippen LogP contribution in [0.15, 0.2) is 38.3 Å². The molecule has 1 aliphatic rings. The van der Waals surface area contributed by atoms with Crippen molar-refractivity contribution in [1.29, 1.82) is 0 Å². The van der Waals surface area contributed by atoms with E-state index in [1.807, 2.05) is 0 Å². The lowest BCUT2D eigenvalue weighted by Crippen LogP contribution is -2.44. The average molecular weight is 465 g/mol. The molecule has 0 aliphatic carbocycles. The predicted molar refractivity (Wildman–Crippen MR) is 112 cm³/mol. The van der Waals surface area contributed by atoms with E-state index >= 15 is 0 Å². The van der Waals surface area contributed by atoms with Crippen molar-refractivity contribution in [2.75, 3.05) is 10.6 Å². The summed E-state index contributed by atoms with van der Waals surface area (Å²) in [5, 5.41) is 7.47. The van der Waals surface area contributed by atoms with Gasteiger partial charge in [-0.2, -0.15) is 13.2 Å². The van der Waals surface area contributed by atoms with Crippen LogP contribution in [0.3, 0.4) is 0 Å². The van der Waals surface area contributed by atoms with Crippen molar-refractivity contribution in [2.24, 2.45) is 5.41 Å². The Morgan fingerprint density at radius 2 is 1.67 bits per heavy atom. The number of fused-ring (bicyclic) bond motifs is 1. The lowest BCUT2D eigenvalue weighted by molar-refractivity contribution is -0.218. The third-order valence-corrected chi connectivity index (χ3v) is 5.85. The third kappa shape index (κ3) is 3.57. The van der Waals surface area contributed by atoms with E-state index < -0.39 is 51.6 Å². The number of alkyl halides is 3. The normalized spacial score (nSPS) is 14.8. The Morgan fingerprint density at radius 3 is 2.27 bits per heavy atom. The van der Waals surface area contributed by atoms with Crippen molar-refractivity contribution in [3.63, 3.8) is 0 Å². The Kier molecular flexibility index (Phi) is 5.10. The number of hydrogen-bond donors (Lipinski definition) is 3. The van der Waals surface area contributed by atoms with Gasteiger partial charge in [-0.05, 0) is 44.5 Å². The highest BCUT2D eigenvalue weighted by Crippen LogP contribution is 2.49. The van der Waals surface area contributed by atoms with Crippen LogP contribution in [0, 0.1) is 18.2 Å². The number of aryl methyl sites for hydroxylation is 1. The molecule has 1 atom stereocenters. The predicted octanol–water partition coefficient (Wildman–Crippen LogP) is 4.05. The number of hydrogen-bond acceptors (Lipinski definition) is 6. The monoisotopic (exact) mass is 465 g/mol. The second-order valence-corrected chi connectivity index (χ2v) is 8.42. The highest BCUT2D eigenvalue weighted by Gasteiger charge is 2.54. The van der Waals surface area contributed by atoms with Crippen molar-refractivity contribution < 1.29 is 26.8 Å². The molecule has 2 aromatic carbocycles. The summed E-state index contributed by atoms with van der Waals surface area (Å²) < 4.78 is 61.5. The molecule has 1 amide bonds. The molecule has 0 fully saturated rings. The number of amides is 1. The molecule has 0 unspecified atom stereocenters. The maximum absolute atomic E-state index is 14.5. The van der Waals surface area contributed by atoms with Gasteiger partial charge in [0.15, 0.2) is 0 Å². The second kappa shape index (κ2) is 7.46. The minimum atomic E-state index is -4.71. The quantitative estimate of drug-likeness (QED) is 0.375. The number of nitrogens with one attached hydrogen (secondary N) is 3. The van der Waals surface area contributed by atoms with Gasteiger partial charge >= 0.3 is 6.18 Å². The molecule has 0 saturated heterocycles. The summed E-state index contributed by atoms with van der Waals surface area (Å²) in [5.41, 5.74) is -5.33. The van der Waals surface area contributed by atoms with Gasteiger partial charge in [-0.1, -0.05) is 6.07 Å². The molecular weight excluding hydrogens is 446 g/mol. The molecule has 2 heterocycles.